The van der Waals surface area contributed by atoms with Crippen molar-refractivity contribution >= 4 is 10.0 Å². The minimum atomic E-state index is -3.54. The van der Waals surface area contributed by atoms with Crippen LogP contribution in [0.1, 0.15) is 18.9 Å². The molecule has 112 valence electrons. The molecule has 1 aromatic carbocycles. The molecule has 0 spiro atoms. The van der Waals surface area contributed by atoms with Gasteiger partial charge in [0.2, 0.25) is 10.0 Å². The highest BCUT2D eigenvalue weighted by molar-refractivity contribution is 7.89. The van der Waals surface area contributed by atoms with Crippen LogP contribution < -0.4 is 5.32 Å². The Balaban J connectivity index is 2.22. The van der Waals surface area contributed by atoms with Gasteiger partial charge in [0.1, 0.15) is 5.82 Å². The van der Waals surface area contributed by atoms with Gasteiger partial charge in [-0.1, -0.05) is 6.92 Å². The molecule has 0 bridgehead atoms. The molecule has 4 nitrogen and oxygen atoms in total. The van der Waals surface area contributed by atoms with Gasteiger partial charge in [0.05, 0.1) is 4.90 Å². The Bertz CT molecular complexity index is 589. The number of nitrogens with one attached hydrogen (secondary N) is 1. The van der Waals surface area contributed by atoms with Gasteiger partial charge in [-0.3, -0.25) is 0 Å². The van der Waals surface area contributed by atoms with Gasteiger partial charge in [-0.15, -0.1) is 0 Å². The van der Waals surface area contributed by atoms with Crippen LogP contribution >= 0.6 is 0 Å². The maximum absolute atomic E-state index is 13.6. The molecule has 20 heavy (non-hydrogen) atoms. The fraction of sp³-hybridized carbons (Fsp3) is 0.571. The maximum Gasteiger partial charge on any atom is 0.242 e. The molecule has 2 atom stereocenters. The quantitative estimate of drug-likeness (QED) is 0.872. The summed E-state index contributed by atoms with van der Waals surface area (Å²) in [5, 5.41) is 2.83. The van der Waals surface area contributed by atoms with Crippen molar-refractivity contribution in [2.75, 3.05) is 20.6 Å². The summed E-state index contributed by atoms with van der Waals surface area (Å²) < 4.78 is 39.8. The zero-order valence-corrected chi connectivity index (χ0v) is 12.9. The van der Waals surface area contributed by atoms with E-state index in [0.29, 0.717) is 30.5 Å². The van der Waals surface area contributed by atoms with Crippen molar-refractivity contribution < 1.29 is 12.8 Å². The third kappa shape index (κ3) is 3.19. The lowest BCUT2D eigenvalue weighted by Crippen LogP contribution is -2.29. The highest BCUT2D eigenvalue weighted by atomic mass is 32.2. The molecule has 1 aliphatic rings. The summed E-state index contributed by atoms with van der Waals surface area (Å²) >= 11 is 0. The molecule has 1 fully saturated rings. The van der Waals surface area contributed by atoms with Gasteiger partial charge in [0, 0.05) is 25.7 Å². The highest BCUT2D eigenvalue weighted by Gasteiger charge is 2.36. The third-order valence-corrected chi connectivity index (χ3v) is 5.68. The van der Waals surface area contributed by atoms with Crippen LogP contribution in [0.2, 0.25) is 0 Å². The predicted molar refractivity (Wildman–Crippen MR) is 76.3 cm³/mol. The van der Waals surface area contributed by atoms with E-state index in [-0.39, 0.29) is 4.90 Å². The lowest BCUT2D eigenvalue weighted by molar-refractivity contribution is 0.444. The summed E-state index contributed by atoms with van der Waals surface area (Å²) in [4.78, 5) is 0.153. The molecular formula is C14H21FN2O2S. The Kier molecular flexibility index (Phi) is 4.46. The second-order valence-electron chi connectivity index (χ2n) is 5.54. The van der Waals surface area contributed by atoms with Crippen molar-refractivity contribution in [3.63, 3.8) is 0 Å². The van der Waals surface area contributed by atoms with Crippen molar-refractivity contribution in [2.24, 2.45) is 11.8 Å². The van der Waals surface area contributed by atoms with Crippen LogP contribution in [-0.2, 0) is 16.6 Å². The first-order valence-corrected chi connectivity index (χ1v) is 8.19. The third-order valence-electron chi connectivity index (χ3n) is 3.86. The van der Waals surface area contributed by atoms with Crippen LogP contribution in [-0.4, -0.2) is 33.4 Å². The smallest absolute Gasteiger partial charge is 0.242 e. The molecule has 0 amide bonds. The van der Waals surface area contributed by atoms with E-state index < -0.39 is 15.8 Å². The molecule has 1 N–H and O–H groups in total. The van der Waals surface area contributed by atoms with E-state index >= 15 is 0 Å². The number of hydrogen-bond donors (Lipinski definition) is 1. The molecule has 2 unspecified atom stereocenters. The molecule has 1 aromatic rings. The van der Waals surface area contributed by atoms with Crippen molar-refractivity contribution in [2.45, 2.75) is 24.8 Å². The minimum Gasteiger partial charge on any atom is -0.316 e. The average Bonchev–Trinajstić information content (AvgIpc) is 3.07. The normalized spacial score (nSPS) is 22.2. The number of hydrogen-bond acceptors (Lipinski definition) is 3. The predicted octanol–water partition coefficient (Wildman–Crippen LogP) is 1.82. The first-order chi connectivity index (χ1) is 9.36. The number of rotatable bonds is 6. The summed E-state index contributed by atoms with van der Waals surface area (Å²) in [7, 11) is -0.256. The van der Waals surface area contributed by atoms with Gasteiger partial charge in [0.15, 0.2) is 0 Å². The van der Waals surface area contributed by atoms with Crippen molar-refractivity contribution in [1.82, 2.24) is 9.62 Å². The Morgan fingerprint density at radius 3 is 2.65 bits per heavy atom. The Morgan fingerprint density at radius 2 is 2.10 bits per heavy atom. The highest BCUT2D eigenvalue weighted by Crippen LogP contribution is 2.38. The second-order valence-corrected chi connectivity index (χ2v) is 7.59. The second kappa shape index (κ2) is 5.79. The van der Waals surface area contributed by atoms with E-state index in [9.17, 15) is 12.8 Å². The summed E-state index contributed by atoms with van der Waals surface area (Å²) in [6.45, 7) is 2.95. The SMILES string of the molecule is CNCc1cc(S(=O)(=O)N(C)CC2CC2C)ccc1F. The molecular weight excluding hydrogens is 279 g/mol. The largest absolute Gasteiger partial charge is 0.316 e. The van der Waals surface area contributed by atoms with Crippen molar-refractivity contribution in [3.05, 3.63) is 29.6 Å². The van der Waals surface area contributed by atoms with E-state index in [1.165, 1.54) is 22.5 Å². The van der Waals surface area contributed by atoms with Gasteiger partial charge in [-0.05, 0) is 43.5 Å². The molecule has 6 heteroatoms. The molecule has 0 radical (unpaired) electrons. The number of sulfonamides is 1. The molecule has 0 aromatic heterocycles. The first-order valence-electron chi connectivity index (χ1n) is 6.75. The Morgan fingerprint density at radius 1 is 1.45 bits per heavy atom. The van der Waals surface area contributed by atoms with Crippen molar-refractivity contribution in [3.8, 4) is 0 Å². The van der Waals surface area contributed by atoms with E-state index in [2.05, 4.69) is 12.2 Å². The van der Waals surface area contributed by atoms with Crippen molar-refractivity contribution in [1.29, 1.82) is 0 Å². The Labute approximate surface area is 120 Å². The monoisotopic (exact) mass is 300 g/mol. The van der Waals surface area contributed by atoms with Crippen LogP contribution in [0.3, 0.4) is 0 Å². The molecule has 1 aliphatic carbocycles. The van der Waals surface area contributed by atoms with Crippen LogP contribution in [0.5, 0.6) is 0 Å². The van der Waals surface area contributed by atoms with E-state index in [1.54, 1.807) is 14.1 Å². The summed E-state index contributed by atoms with van der Waals surface area (Å²) in [5.41, 5.74) is 0.363. The zero-order chi connectivity index (χ0) is 14.9. The molecule has 0 saturated heterocycles. The topological polar surface area (TPSA) is 49.4 Å². The fourth-order valence-corrected chi connectivity index (χ4v) is 3.58. The Hall–Kier alpha value is -0.980. The van der Waals surface area contributed by atoms with Gasteiger partial charge < -0.3 is 5.32 Å². The number of nitrogens with zero attached hydrogens (tertiary/aromatic N) is 1. The summed E-state index contributed by atoms with van der Waals surface area (Å²) in [5.74, 6) is 0.657. The summed E-state index contributed by atoms with van der Waals surface area (Å²) in [6, 6.07) is 3.96. The standard InChI is InChI=1S/C14H21FN2O2S/c1-10-6-12(10)9-17(3)20(18,19)13-4-5-14(15)11(7-13)8-16-2/h4-5,7,10,12,16H,6,8-9H2,1-3H3. The van der Waals surface area contributed by atoms with E-state index in [0.717, 1.165) is 6.42 Å². The average molecular weight is 300 g/mol. The maximum atomic E-state index is 13.6. The molecule has 0 heterocycles. The van der Waals surface area contributed by atoms with Gasteiger partial charge in [-0.2, -0.15) is 0 Å². The minimum absolute atomic E-state index is 0.153. The van der Waals surface area contributed by atoms with Crippen LogP contribution in [0.15, 0.2) is 23.1 Å². The van der Waals surface area contributed by atoms with Crippen LogP contribution in [0, 0.1) is 17.7 Å². The number of halogens is 1. The molecule has 0 aliphatic heterocycles. The van der Waals surface area contributed by atoms with Gasteiger partial charge >= 0.3 is 0 Å². The van der Waals surface area contributed by atoms with Gasteiger partial charge in [-0.25, -0.2) is 17.1 Å². The van der Waals surface area contributed by atoms with Gasteiger partial charge in [0.25, 0.3) is 0 Å². The van der Waals surface area contributed by atoms with E-state index in [1.807, 2.05) is 0 Å². The lowest BCUT2D eigenvalue weighted by Gasteiger charge is -2.17. The van der Waals surface area contributed by atoms with E-state index in [4.69, 9.17) is 0 Å². The van der Waals surface area contributed by atoms with Crippen LogP contribution in [0.25, 0.3) is 0 Å². The molecule has 1 saturated carbocycles. The zero-order valence-electron chi connectivity index (χ0n) is 12.1. The number of benzene rings is 1. The molecule has 2 rings (SSSR count). The lowest BCUT2D eigenvalue weighted by atomic mass is 10.2. The fourth-order valence-electron chi connectivity index (χ4n) is 2.30. The first kappa shape index (κ1) is 15.4. The van der Waals surface area contributed by atoms with Crippen LogP contribution in [0.4, 0.5) is 4.39 Å². The summed E-state index contributed by atoms with van der Waals surface area (Å²) in [6.07, 6.45) is 1.08.